The maximum absolute atomic E-state index is 9.30. The van der Waals surface area contributed by atoms with E-state index in [1.54, 1.807) is 0 Å². The standard InChI is InChI=1S/C6H14N2O2.Pt/c7-5(9)3-1-2-4-6(5,8)10;/h9-10H,1-4,7-8H2;. The fraction of sp³-hybridized carbons (Fsp3) is 1.00. The van der Waals surface area contributed by atoms with Gasteiger partial charge in [-0.25, -0.2) is 0 Å². The van der Waals surface area contributed by atoms with Gasteiger partial charge in [0.25, 0.3) is 0 Å². The van der Waals surface area contributed by atoms with Gasteiger partial charge in [-0.15, -0.1) is 0 Å². The molecule has 1 fully saturated rings. The molecule has 0 aromatic heterocycles. The fourth-order valence-corrected chi connectivity index (χ4v) is 1.22. The molecule has 0 aromatic carbocycles. The Morgan fingerprint density at radius 1 is 0.909 bits per heavy atom. The molecule has 11 heavy (non-hydrogen) atoms. The second-order valence-electron chi connectivity index (χ2n) is 3.06. The van der Waals surface area contributed by atoms with Crippen LogP contribution in [-0.4, -0.2) is 21.7 Å². The SMILES string of the molecule is NC1(O)CCCCC1(N)O.[Pt]. The van der Waals surface area contributed by atoms with Gasteiger partial charge >= 0.3 is 0 Å². The van der Waals surface area contributed by atoms with E-state index in [0.717, 1.165) is 12.8 Å². The molecule has 1 aliphatic carbocycles. The van der Waals surface area contributed by atoms with Crippen molar-refractivity contribution >= 4 is 0 Å². The summed E-state index contributed by atoms with van der Waals surface area (Å²) in [5.74, 6) is 0. The van der Waals surface area contributed by atoms with Crippen LogP contribution in [0.5, 0.6) is 0 Å². The van der Waals surface area contributed by atoms with E-state index in [-0.39, 0.29) is 21.1 Å². The molecule has 4 nitrogen and oxygen atoms in total. The Kier molecular flexibility index (Phi) is 3.67. The minimum Gasteiger partial charge on any atom is -0.372 e. The molecule has 0 aromatic rings. The van der Waals surface area contributed by atoms with Crippen LogP contribution in [0.1, 0.15) is 25.7 Å². The zero-order chi connectivity index (χ0) is 7.83. The maximum atomic E-state index is 9.30. The van der Waals surface area contributed by atoms with E-state index in [4.69, 9.17) is 11.5 Å². The van der Waals surface area contributed by atoms with Crippen molar-refractivity contribution in [3.63, 3.8) is 0 Å². The molecule has 2 unspecified atom stereocenters. The topological polar surface area (TPSA) is 92.5 Å². The van der Waals surface area contributed by atoms with Gasteiger partial charge in [0.15, 0.2) is 11.4 Å². The summed E-state index contributed by atoms with van der Waals surface area (Å²) in [5.41, 5.74) is 7.49. The third-order valence-electron chi connectivity index (χ3n) is 2.12. The van der Waals surface area contributed by atoms with Crippen LogP contribution < -0.4 is 11.5 Å². The normalized spacial score (nSPS) is 44.7. The summed E-state index contributed by atoms with van der Waals surface area (Å²) in [6.45, 7) is 0. The molecular formula is C6H14N2O2Pt. The maximum Gasteiger partial charge on any atom is 0.155 e. The first kappa shape index (κ1) is 11.5. The molecule has 0 amide bonds. The average molecular weight is 341 g/mol. The first-order valence-electron chi connectivity index (χ1n) is 3.48. The van der Waals surface area contributed by atoms with Gasteiger partial charge in [0, 0.05) is 21.1 Å². The Morgan fingerprint density at radius 2 is 1.18 bits per heavy atom. The van der Waals surface area contributed by atoms with Gasteiger partial charge < -0.3 is 21.7 Å². The number of rotatable bonds is 0. The van der Waals surface area contributed by atoms with Gasteiger partial charge in [-0.3, -0.25) is 0 Å². The minimum atomic E-state index is -1.59. The number of hydrogen-bond donors (Lipinski definition) is 4. The Balaban J connectivity index is 0.000001000. The van der Waals surface area contributed by atoms with Crippen LogP contribution in [0.2, 0.25) is 0 Å². The third kappa shape index (κ3) is 2.23. The van der Waals surface area contributed by atoms with Gasteiger partial charge in [0.05, 0.1) is 0 Å². The number of aliphatic hydroxyl groups is 2. The molecule has 0 radical (unpaired) electrons. The molecule has 0 aliphatic heterocycles. The molecule has 0 saturated heterocycles. The predicted molar refractivity (Wildman–Crippen MR) is 36.7 cm³/mol. The van der Waals surface area contributed by atoms with Crippen LogP contribution in [-0.2, 0) is 21.1 Å². The van der Waals surface area contributed by atoms with Crippen LogP contribution in [0, 0.1) is 0 Å². The summed E-state index contributed by atoms with van der Waals surface area (Å²) in [6, 6.07) is 0. The summed E-state index contributed by atoms with van der Waals surface area (Å²) in [5, 5.41) is 18.6. The first-order chi connectivity index (χ1) is 4.46. The largest absolute Gasteiger partial charge is 0.372 e. The minimum absolute atomic E-state index is 0. The van der Waals surface area contributed by atoms with Gasteiger partial charge in [0.2, 0.25) is 0 Å². The van der Waals surface area contributed by atoms with E-state index in [9.17, 15) is 10.2 Å². The molecule has 2 atom stereocenters. The monoisotopic (exact) mass is 341 g/mol. The van der Waals surface area contributed by atoms with E-state index in [1.165, 1.54) is 0 Å². The summed E-state index contributed by atoms with van der Waals surface area (Å²) in [7, 11) is 0. The fourth-order valence-electron chi connectivity index (χ4n) is 1.22. The van der Waals surface area contributed by atoms with E-state index < -0.39 is 11.4 Å². The molecule has 6 N–H and O–H groups in total. The summed E-state index contributed by atoms with van der Waals surface area (Å²) in [4.78, 5) is 0. The average Bonchev–Trinajstić information content (AvgIpc) is 1.77. The molecule has 0 bridgehead atoms. The van der Waals surface area contributed by atoms with E-state index in [2.05, 4.69) is 0 Å². The summed E-state index contributed by atoms with van der Waals surface area (Å²) < 4.78 is 0. The Morgan fingerprint density at radius 3 is 1.36 bits per heavy atom. The van der Waals surface area contributed by atoms with E-state index >= 15 is 0 Å². The van der Waals surface area contributed by atoms with Gasteiger partial charge in [0.1, 0.15) is 0 Å². The van der Waals surface area contributed by atoms with Crippen LogP contribution in [0.3, 0.4) is 0 Å². The molecule has 1 saturated carbocycles. The zero-order valence-corrected chi connectivity index (χ0v) is 8.47. The summed E-state index contributed by atoms with van der Waals surface area (Å²) in [6.07, 6.45) is 2.40. The molecule has 0 spiro atoms. The van der Waals surface area contributed by atoms with Gasteiger partial charge in [-0.05, 0) is 25.7 Å². The molecule has 70 valence electrons. The smallest absolute Gasteiger partial charge is 0.155 e. The Bertz CT molecular complexity index is 123. The Labute approximate surface area is 80.2 Å². The van der Waals surface area contributed by atoms with Crippen molar-refractivity contribution in [3.8, 4) is 0 Å². The predicted octanol–water partition coefficient (Wildman–Crippen LogP) is -1.15. The van der Waals surface area contributed by atoms with Crippen molar-refractivity contribution in [2.75, 3.05) is 0 Å². The van der Waals surface area contributed by atoms with Crippen molar-refractivity contribution < 1.29 is 31.3 Å². The van der Waals surface area contributed by atoms with Crippen molar-refractivity contribution in [1.82, 2.24) is 0 Å². The van der Waals surface area contributed by atoms with E-state index in [0.29, 0.717) is 12.8 Å². The van der Waals surface area contributed by atoms with Crippen molar-refractivity contribution in [2.45, 2.75) is 37.1 Å². The quantitative estimate of drug-likeness (QED) is 0.419. The van der Waals surface area contributed by atoms with Crippen molar-refractivity contribution in [3.05, 3.63) is 0 Å². The Hall–Kier alpha value is 0.528. The van der Waals surface area contributed by atoms with Gasteiger partial charge in [-0.2, -0.15) is 0 Å². The molecule has 0 heterocycles. The van der Waals surface area contributed by atoms with E-state index in [1.807, 2.05) is 0 Å². The second kappa shape index (κ2) is 3.50. The molecule has 5 heteroatoms. The van der Waals surface area contributed by atoms with Crippen LogP contribution in [0.25, 0.3) is 0 Å². The molecule has 1 rings (SSSR count). The second-order valence-corrected chi connectivity index (χ2v) is 3.06. The zero-order valence-electron chi connectivity index (χ0n) is 6.19. The molecular weight excluding hydrogens is 327 g/mol. The van der Waals surface area contributed by atoms with Crippen LogP contribution in [0.4, 0.5) is 0 Å². The van der Waals surface area contributed by atoms with Gasteiger partial charge in [-0.1, -0.05) is 0 Å². The summed E-state index contributed by atoms with van der Waals surface area (Å²) >= 11 is 0. The third-order valence-corrected chi connectivity index (χ3v) is 2.12. The van der Waals surface area contributed by atoms with Crippen LogP contribution >= 0.6 is 0 Å². The number of hydrogen-bond acceptors (Lipinski definition) is 4. The number of nitrogens with two attached hydrogens (primary N) is 2. The van der Waals surface area contributed by atoms with Crippen molar-refractivity contribution in [1.29, 1.82) is 0 Å². The van der Waals surface area contributed by atoms with Crippen LogP contribution in [0.15, 0.2) is 0 Å². The first-order valence-corrected chi connectivity index (χ1v) is 3.48. The molecule has 1 aliphatic rings. The van der Waals surface area contributed by atoms with Crippen molar-refractivity contribution in [2.24, 2.45) is 11.5 Å².